The summed E-state index contributed by atoms with van der Waals surface area (Å²) in [6, 6.07) is 3.25. The maximum atomic E-state index is 11.7. The molecule has 1 heterocycles. The average Bonchev–Trinajstić information content (AvgIpc) is 2.16. The van der Waals surface area contributed by atoms with Crippen molar-refractivity contribution >= 4 is 5.69 Å². The van der Waals surface area contributed by atoms with Crippen LogP contribution in [0.2, 0.25) is 0 Å². The zero-order valence-electron chi connectivity index (χ0n) is 9.42. The van der Waals surface area contributed by atoms with Gasteiger partial charge in [0, 0.05) is 18.3 Å². The molecule has 3 heteroatoms. The first kappa shape index (κ1) is 10.3. The van der Waals surface area contributed by atoms with Crippen LogP contribution in [0.1, 0.15) is 31.9 Å². The Balaban J connectivity index is 2.35. The van der Waals surface area contributed by atoms with Crippen molar-refractivity contribution < 1.29 is 0 Å². The van der Waals surface area contributed by atoms with Crippen molar-refractivity contribution in [3.05, 3.63) is 28.2 Å². The van der Waals surface area contributed by atoms with Gasteiger partial charge in [0.05, 0.1) is 5.69 Å². The highest BCUT2D eigenvalue weighted by Crippen LogP contribution is 2.41. The highest BCUT2D eigenvalue weighted by molar-refractivity contribution is 5.41. The topological polar surface area (TPSA) is 48.0 Å². The second-order valence-corrected chi connectivity index (χ2v) is 4.96. The maximum Gasteiger partial charge on any atom is 0.250 e. The third-order valence-corrected chi connectivity index (χ3v) is 3.59. The van der Waals surface area contributed by atoms with Crippen LogP contribution in [-0.2, 0) is 6.54 Å². The first-order valence-corrected chi connectivity index (χ1v) is 5.48. The van der Waals surface area contributed by atoms with E-state index in [2.05, 4.69) is 6.92 Å². The van der Waals surface area contributed by atoms with Gasteiger partial charge >= 0.3 is 0 Å². The molecule has 82 valence electrons. The number of nitrogen functional groups attached to an aromatic ring is 1. The number of nitrogens with two attached hydrogens (primary N) is 1. The van der Waals surface area contributed by atoms with E-state index in [0.29, 0.717) is 11.1 Å². The van der Waals surface area contributed by atoms with Crippen LogP contribution in [0.15, 0.2) is 16.9 Å². The van der Waals surface area contributed by atoms with Crippen LogP contribution in [0, 0.1) is 12.3 Å². The molecule has 0 bridgehead atoms. The van der Waals surface area contributed by atoms with Gasteiger partial charge in [-0.1, -0.05) is 13.3 Å². The van der Waals surface area contributed by atoms with Crippen molar-refractivity contribution in [2.24, 2.45) is 5.41 Å². The van der Waals surface area contributed by atoms with Gasteiger partial charge in [-0.15, -0.1) is 0 Å². The molecule has 0 atom stereocenters. The van der Waals surface area contributed by atoms with E-state index in [-0.39, 0.29) is 5.56 Å². The molecule has 1 aromatic heterocycles. The molecule has 0 amide bonds. The van der Waals surface area contributed by atoms with E-state index < -0.39 is 0 Å². The van der Waals surface area contributed by atoms with E-state index in [1.54, 1.807) is 12.1 Å². The number of hydrogen-bond donors (Lipinski definition) is 1. The Morgan fingerprint density at radius 2 is 2.13 bits per heavy atom. The summed E-state index contributed by atoms with van der Waals surface area (Å²) in [7, 11) is 0. The van der Waals surface area contributed by atoms with E-state index in [4.69, 9.17) is 5.73 Å². The highest BCUT2D eigenvalue weighted by atomic mass is 16.1. The summed E-state index contributed by atoms with van der Waals surface area (Å²) in [5.41, 5.74) is 7.79. The molecule has 2 N–H and O–H groups in total. The quantitative estimate of drug-likeness (QED) is 0.803. The maximum absolute atomic E-state index is 11.7. The molecule has 1 aliphatic rings. The Morgan fingerprint density at radius 3 is 2.67 bits per heavy atom. The van der Waals surface area contributed by atoms with Crippen molar-refractivity contribution in [2.45, 2.75) is 39.7 Å². The molecular weight excluding hydrogens is 188 g/mol. The first-order chi connectivity index (χ1) is 7.02. The van der Waals surface area contributed by atoms with E-state index in [9.17, 15) is 4.79 Å². The molecule has 1 aliphatic carbocycles. The van der Waals surface area contributed by atoms with Gasteiger partial charge in [-0.3, -0.25) is 4.79 Å². The van der Waals surface area contributed by atoms with E-state index in [0.717, 1.165) is 12.2 Å². The van der Waals surface area contributed by atoms with E-state index in [1.165, 1.54) is 19.3 Å². The lowest BCUT2D eigenvalue weighted by molar-refractivity contribution is 0.129. The monoisotopic (exact) mass is 206 g/mol. The van der Waals surface area contributed by atoms with Crippen LogP contribution < -0.4 is 11.3 Å². The average molecular weight is 206 g/mol. The molecular formula is C12H18N2O. The predicted molar refractivity (Wildman–Crippen MR) is 61.8 cm³/mol. The second-order valence-electron chi connectivity index (χ2n) is 4.96. The summed E-state index contributed by atoms with van der Waals surface area (Å²) in [5.74, 6) is 0. The fourth-order valence-corrected chi connectivity index (χ4v) is 2.21. The van der Waals surface area contributed by atoms with E-state index >= 15 is 0 Å². The molecule has 1 saturated carbocycles. The number of rotatable bonds is 2. The lowest BCUT2D eigenvalue weighted by Gasteiger charge is -2.39. The highest BCUT2D eigenvalue weighted by Gasteiger charge is 2.32. The second kappa shape index (κ2) is 3.40. The molecule has 1 aromatic rings. The van der Waals surface area contributed by atoms with Gasteiger partial charge in [0.25, 0.3) is 5.56 Å². The number of nitrogens with zero attached hydrogens (tertiary/aromatic N) is 1. The lowest BCUT2D eigenvalue weighted by atomic mass is 9.70. The van der Waals surface area contributed by atoms with Crippen LogP contribution in [0.5, 0.6) is 0 Å². The molecule has 1 fully saturated rings. The molecule has 0 spiro atoms. The van der Waals surface area contributed by atoms with Crippen LogP contribution in [0.4, 0.5) is 5.69 Å². The first-order valence-electron chi connectivity index (χ1n) is 5.48. The summed E-state index contributed by atoms with van der Waals surface area (Å²) in [6.07, 6.45) is 3.72. The molecule has 3 nitrogen and oxygen atoms in total. The summed E-state index contributed by atoms with van der Waals surface area (Å²) < 4.78 is 1.81. The molecule has 0 aliphatic heterocycles. The molecule has 0 saturated heterocycles. The smallest absolute Gasteiger partial charge is 0.250 e. The van der Waals surface area contributed by atoms with Crippen LogP contribution in [0.3, 0.4) is 0 Å². The van der Waals surface area contributed by atoms with Gasteiger partial charge in [-0.2, -0.15) is 0 Å². The zero-order chi connectivity index (χ0) is 11.1. The Bertz CT molecular complexity index is 430. The zero-order valence-corrected chi connectivity index (χ0v) is 9.42. The molecule has 0 aromatic carbocycles. The van der Waals surface area contributed by atoms with Gasteiger partial charge < -0.3 is 10.3 Å². The predicted octanol–water partition coefficient (Wildman–Crippen LogP) is 1.93. The lowest BCUT2D eigenvalue weighted by Crippen LogP contribution is -2.36. The number of aromatic nitrogens is 1. The van der Waals surface area contributed by atoms with Crippen molar-refractivity contribution in [3.8, 4) is 0 Å². The molecule has 0 radical (unpaired) electrons. The SMILES string of the molecule is Cc1c(N)ccc(=O)n1CC1(C)CCC1. The fourth-order valence-electron chi connectivity index (χ4n) is 2.21. The van der Waals surface area contributed by atoms with Gasteiger partial charge in [-0.25, -0.2) is 0 Å². The van der Waals surface area contributed by atoms with Crippen LogP contribution in [0.25, 0.3) is 0 Å². The molecule has 0 unspecified atom stereocenters. The van der Waals surface area contributed by atoms with Gasteiger partial charge in [-0.05, 0) is 31.2 Å². The molecule has 2 rings (SSSR count). The number of pyridine rings is 1. The largest absolute Gasteiger partial charge is 0.397 e. The number of hydrogen-bond acceptors (Lipinski definition) is 2. The number of anilines is 1. The normalized spacial score (nSPS) is 18.5. The summed E-state index contributed by atoms with van der Waals surface area (Å²) in [6.45, 7) is 4.97. The van der Waals surface area contributed by atoms with Crippen molar-refractivity contribution in [1.82, 2.24) is 4.57 Å². The third-order valence-electron chi connectivity index (χ3n) is 3.59. The molecule has 15 heavy (non-hydrogen) atoms. The van der Waals surface area contributed by atoms with Gasteiger partial charge in [0.1, 0.15) is 0 Å². The Labute approximate surface area is 89.9 Å². The van der Waals surface area contributed by atoms with E-state index in [1.807, 2.05) is 11.5 Å². The van der Waals surface area contributed by atoms with Crippen LogP contribution >= 0.6 is 0 Å². The minimum atomic E-state index is 0.0647. The Morgan fingerprint density at radius 1 is 1.47 bits per heavy atom. The minimum absolute atomic E-state index is 0.0647. The summed E-state index contributed by atoms with van der Waals surface area (Å²) in [5, 5.41) is 0. The standard InChI is InChI=1S/C12H18N2O/c1-9-10(13)4-5-11(15)14(9)8-12(2)6-3-7-12/h4-5H,3,6-8,13H2,1-2H3. The minimum Gasteiger partial charge on any atom is -0.397 e. The van der Waals surface area contributed by atoms with Crippen molar-refractivity contribution in [3.63, 3.8) is 0 Å². The summed E-state index contributed by atoms with van der Waals surface area (Å²) in [4.78, 5) is 11.7. The third kappa shape index (κ3) is 1.78. The van der Waals surface area contributed by atoms with Gasteiger partial charge in [0.15, 0.2) is 0 Å². The fraction of sp³-hybridized carbons (Fsp3) is 0.583. The van der Waals surface area contributed by atoms with Crippen molar-refractivity contribution in [2.75, 3.05) is 5.73 Å². The van der Waals surface area contributed by atoms with Crippen LogP contribution in [-0.4, -0.2) is 4.57 Å². The summed E-state index contributed by atoms with van der Waals surface area (Å²) >= 11 is 0. The van der Waals surface area contributed by atoms with Gasteiger partial charge in [0.2, 0.25) is 0 Å². The van der Waals surface area contributed by atoms with Crippen molar-refractivity contribution in [1.29, 1.82) is 0 Å². The Kier molecular flexibility index (Phi) is 2.33. The Hall–Kier alpha value is -1.25.